The number of carbonyl (C=O) groups excluding carboxylic acids is 3. The van der Waals surface area contributed by atoms with Crippen LogP contribution in [0.25, 0.3) is 0 Å². The Hall–Kier alpha value is -3.52. The second-order valence-corrected chi connectivity index (χ2v) is 9.16. The van der Waals surface area contributed by atoms with Crippen LogP contribution in [0.4, 0.5) is 5.13 Å². The van der Waals surface area contributed by atoms with Gasteiger partial charge in [0.2, 0.25) is 0 Å². The number of thioether (sulfide) groups is 1. The number of thiazole rings is 1. The van der Waals surface area contributed by atoms with Crippen LogP contribution in [-0.2, 0) is 25.8 Å². The molecule has 2 atom stereocenters. The van der Waals surface area contributed by atoms with Crippen LogP contribution >= 0.6 is 23.1 Å². The van der Waals surface area contributed by atoms with Crippen LogP contribution in [0.1, 0.15) is 11.4 Å². The minimum absolute atomic E-state index is 0.140. The summed E-state index contributed by atoms with van der Waals surface area (Å²) in [6, 6.07) is -0.938. The zero-order valence-corrected chi connectivity index (χ0v) is 19.2. The van der Waals surface area contributed by atoms with Crippen LogP contribution in [-0.4, -0.2) is 62.6 Å². The lowest BCUT2D eigenvalue weighted by Gasteiger charge is -2.50. The summed E-state index contributed by atoms with van der Waals surface area (Å²) in [6.07, 6.45) is 5.11. The first-order valence-corrected chi connectivity index (χ1v) is 11.6. The lowest BCUT2D eigenvalue weighted by Crippen LogP contribution is -2.71. The molecule has 1 fully saturated rings. The number of nitrogens with zero attached hydrogens (tertiary/aromatic N) is 5. The number of nitrogens with one attached hydrogen (secondary N) is 1. The van der Waals surface area contributed by atoms with E-state index in [9.17, 15) is 19.5 Å². The molecule has 2 amide bonds. The molecule has 0 aliphatic carbocycles. The predicted octanol–water partition coefficient (Wildman–Crippen LogP) is -1.83. The summed E-state index contributed by atoms with van der Waals surface area (Å²) in [5.74, 6) is -2.34. The molecular formula is C19H19N7O5S2. The average Bonchev–Trinajstić information content (AvgIpc) is 3.21. The Morgan fingerprint density at radius 1 is 1.48 bits per heavy atom. The topological polar surface area (TPSA) is 167 Å². The summed E-state index contributed by atoms with van der Waals surface area (Å²) in [7, 11) is 1.27. The van der Waals surface area contributed by atoms with Gasteiger partial charge in [-0.2, -0.15) is 4.57 Å². The molecule has 1 saturated heterocycles. The maximum atomic E-state index is 12.9. The molecule has 14 heteroatoms. The summed E-state index contributed by atoms with van der Waals surface area (Å²) < 4.78 is 1.79. The maximum Gasteiger partial charge on any atom is 0.276 e. The number of hydrogen-bond acceptors (Lipinski definition) is 11. The fourth-order valence-electron chi connectivity index (χ4n) is 3.57. The van der Waals surface area contributed by atoms with Gasteiger partial charge in [0.15, 0.2) is 29.8 Å². The van der Waals surface area contributed by atoms with Gasteiger partial charge in [0.1, 0.15) is 29.9 Å². The first-order chi connectivity index (χ1) is 15.8. The van der Waals surface area contributed by atoms with E-state index in [1.54, 1.807) is 28.5 Å². The molecule has 4 heterocycles. The molecule has 4 rings (SSSR count). The minimum Gasteiger partial charge on any atom is -0.543 e. The van der Waals surface area contributed by atoms with Crippen molar-refractivity contribution in [3.63, 3.8) is 0 Å². The third-order valence-corrected chi connectivity index (χ3v) is 6.97. The van der Waals surface area contributed by atoms with Crippen molar-refractivity contribution in [2.45, 2.75) is 24.9 Å². The molecular weight excluding hydrogens is 470 g/mol. The van der Waals surface area contributed by atoms with Gasteiger partial charge in [-0.1, -0.05) is 5.16 Å². The van der Waals surface area contributed by atoms with E-state index >= 15 is 0 Å². The van der Waals surface area contributed by atoms with E-state index in [0.717, 1.165) is 21.9 Å². The minimum atomic E-state index is -1.45. The lowest BCUT2D eigenvalue weighted by molar-refractivity contribution is -0.689. The van der Waals surface area contributed by atoms with E-state index < -0.39 is 29.2 Å². The van der Waals surface area contributed by atoms with Gasteiger partial charge in [-0.3, -0.25) is 14.5 Å². The third kappa shape index (κ3) is 4.39. The number of carbonyl (C=O) groups is 3. The second-order valence-electron chi connectivity index (χ2n) is 7.16. The second kappa shape index (κ2) is 9.15. The van der Waals surface area contributed by atoms with Crippen LogP contribution in [0.2, 0.25) is 0 Å². The summed E-state index contributed by atoms with van der Waals surface area (Å²) >= 11 is 2.48. The number of amides is 2. The van der Waals surface area contributed by atoms with Gasteiger partial charge in [-0.15, -0.1) is 23.1 Å². The number of oxime groups is 1. The molecule has 0 aromatic carbocycles. The molecule has 3 N–H and O–H groups in total. The highest BCUT2D eigenvalue weighted by molar-refractivity contribution is 8.00. The van der Waals surface area contributed by atoms with Gasteiger partial charge in [-0.25, -0.2) is 9.97 Å². The molecule has 2 aliphatic heterocycles. The lowest BCUT2D eigenvalue weighted by atomic mass is 10.0. The summed E-state index contributed by atoms with van der Waals surface area (Å²) in [5, 5.41) is 19.4. The fourth-order valence-corrected chi connectivity index (χ4v) is 5.45. The van der Waals surface area contributed by atoms with Crippen molar-refractivity contribution in [3.8, 4) is 0 Å². The van der Waals surface area contributed by atoms with Crippen molar-refractivity contribution < 1.29 is 28.9 Å². The molecule has 12 nitrogen and oxygen atoms in total. The Kier molecular flexibility index (Phi) is 6.29. The number of nitrogens with two attached hydrogens (primary N) is 1. The molecule has 2 aromatic rings. The Morgan fingerprint density at radius 3 is 2.91 bits per heavy atom. The highest BCUT2D eigenvalue weighted by Crippen LogP contribution is 2.40. The smallest absolute Gasteiger partial charge is 0.276 e. The first kappa shape index (κ1) is 22.7. The van der Waals surface area contributed by atoms with Gasteiger partial charge >= 0.3 is 0 Å². The van der Waals surface area contributed by atoms with Crippen molar-refractivity contribution in [1.82, 2.24) is 20.2 Å². The summed E-state index contributed by atoms with van der Waals surface area (Å²) in [6.45, 7) is 2.09. The molecule has 2 aromatic heterocycles. The molecule has 0 bridgehead atoms. The Balaban J connectivity index is 1.54. The van der Waals surface area contributed by atoms with Gasteiger partial charge < -0.3 is 25.8 Å². The number of hydrogen-bond donors (Lipinski definition) is 2. The normalized spacial score (nSPS) is 20.2. The third-order valence-electron chi connectivity index (χ3n) is 4.95. The van der Waals surface area contributed by atoms with Gasteiger partial charge in [0, 0.05) is 16.7 Å². The first-order valence-electron chi connectivity index (χ1n) is 9.63. The van der Waals surface area contributed by atoms with Crippen molar-refractivity contribution in [1.29, 1.82) is 0 Å². The van der Waals surface area contributed by atoms with Crippen molar-refractivity contribution in [3.05, 3.63) is 46.6 Å². The Bertz CT molecular complexity index is 1190. The largest absolute Gasteiger partial charge is 0.543 e. The number of β-lactam (4-membered cyclic amide) rings is 1. The van der Waals surface area contributed by atoms with E-state index in [1.807, 2.05) is 6.92 Å². The SMILES string of the molecule is CON=C(C(=O)NC1C(=O)N2C(C(=O)[O-])=C(C[n+]3ccnc(C)c3)CS[C@@H]12)c1csc(N)n1. The van der Waals surface area contributed by atoms with E-state index in [4.69, 9.17) is 10.6 Å². The van der Waals surface area contributed by atoms with Crippen molar-refractivity contribution in [2.75, 3.05) is 18.6 Å². The Labute approximate surface area is 196 Å². The molecule has 0 saturated carbocycles. The molecule has 0 radical (unpaired) electrons. The number of aromatic nitrogens is 3. The number of fused-ring (bicyclic) bond motifs is 1. The monoisotopic (exact) mass is 489 g/mol. The van der Waals surface area contributed by atoms with E-state index in [2.05, 4.69) is 20.4 Å². The quantitative estimate of drug-likeness (QED) is 0.197. The predicted molar refractivity (Wildman–Crippen MR) is 116 cm³/mol. The number of carboxylic acid groups (broad SMARTS) is 1. The van der Waals surface area contributed by atoms with Crippen LogP contribution < -0.4 is 20.7 Å². The fraction of sp³-hybridized carbons (Fsp3) is 0.316. The molecule has 1 unspecified atom stereocenters. The van der Waals surface area contributed by atoms with Crippen LogP contribution in [0.15, 0.2) is 40.4 Å². The van der Waals surface area contributed by atoms with Crippen molar-refractivity contribution >= 4 is 51.7 Å². The van der Waals surface area contributed by atoms with Crippen LogP contribution in [0.3, 0.4) is 0 Å². The van der Waals surface area contributed by atoms with Crippen LogP contribution in [0.5, 0.6) is 0 Å². The number of anilines is 1. The van der Waals surface area contributed by atoms with E-state index in [-0.39, 0.29) is 28.8 Å². The van der Waals surface area contributed by atoms with Crippen LogP contribution in [0, 0.1) is 6.92 Å². The standard InChI is InChI=1S/C19H19N7O5S2/c1-9-5-25(4-3-21-9)6-10-7-32-17-13(16(28)26(17)14(10)18(29)30)23-15(27)12(24-31-2)11-8-33-19(20)22-11/h3-5,8,13,17H,6-7H2,1-2H3,(H3-,20,22,23,27,29,30)/t13?,17-/m0/s1. The number of rotatable bonds is 7. The zero-order chi connectivity index (χ0) is 23.7. The maximum absolute atomic E-state index is 12.9. The Morgan fingerprint density at radius 2 is 2.27 bits per heavy atom. The van der Waals surface area contributed by atoms with E-state index in [0.29, 0.717) is 11.3 Å². The highest BCUT2D eigenvalue weighted by atomic mass is 32.2. The highest BCUT2D eigenvalue weighted by Gasteiger charge is 2.53. The number of aryl methyl sites for hydroxylation is 1. The van der Waals surface area contributed by atoms with Gasteiger partial charge in [0.05, 0.1) is 17.9 Å². The van der Waals surface area contributed by atoms with Gasteiger partial charge in [-0.05, 0) is 6.92 Å². The number of nitrogen functional groups attached to an aromatic ring is 1. The van der Waals surface area contributed by atoms with Crippen molar-refractivity contribution in [2.24, 2.45) is 5.16 Å². The summed E-state index contributed by atoms with van der Waals surface area (Å²) in [5.41, 5.74) is 6.82. The molecule has 33 heavy (non-hydrogen) atoms. The number of aliphatic carboxylic acids is 1. The molecule has 2 aliphatic rings. The zero-order valence-electron chi connectivity index (χ0n) is 17.5. The average molecular weight is 490 g/mol. The summed E-state index contributed by atoms with van der Waals surface area (Å²) in [4.78, 5) is 51.6. The van der Waals surface area contributed by atoms with Gasteiger partial charge in [0.25, 0.3) is 11.8 Å². The van der Waals surface area contributed by atoms with E-state index in [1.165, 1.54) is 18.9 Å². The molecule has 0 spiro atoms. The number of carboxylic acids is 1. The molecule has 172 valence electrons.